The van der Waals surface area contributed by atoms with Gasteiger partial charge >= 0.3 is 0 Å². The molecule has 0 bridgehead atoms. The Balaban J connectivity index is 1.84. The summed E-state index contributed by atoms with van der Waals surface area (Å²) in [5.74, 6) is 0. The number of nitrogens with one attached hydrogen (secondary N) is 1. The summed E-state index contributed by atoms with van der Waals surface area (Å²) in [4.78, 5) is 8.96. The molecular weight excluding hydrogens is 278 g/mol. The van der Waals surface area contributed by atoms with E-state index in [0.29, 0.717) is 0 Å². The van der Waals surface area contributed by atoms with Gasteiger partial charge in [-0.15, -0.1) is 11.3 Å². The van der Waals surface area contributed by atoms with Gasteiger partial charge in [0.2, 0.25) is 0 Å². The second-order valence-corrected chi connectivity index (χ2v) is 7.18. The highest BCUT2D eigenvalue weighted by Gasteiger charge is 2.12. The zero-order chi connectivity index (χ0) is 14.9. The van der Waals surface area contributed by atoms with E-state index in [4.69, 9.17) is 4.98 Å². The predicted octanol–water partition coefficient (Wildman–Crippen LogP) is 3.62. The highest BCUT2D eigenvalue weighted by atomic mass is 32.1. The fraction of sp³-hybridized carbons (Fsp3) is 0.824. The summed E-state index contributed by atoms with van der Waals surface area (Å²) in [6, 6.07) is 0. The number of hydrogen-bond donors (Lipinski definition) is 1. The van der Waals surface area contributed by atoms with Crippen molar-refractivity contribution in [2.45, 2.75) is 65.3 Å². The van der Waals surface area contributed by atoms with Crippen LogP contribution >= 0.6 is 11.3 Å². The fourth-order valence-corrected chi connectivity index (χ4v) is 4.07. The van der Waals surface area contributed by atoms with Crippen LogP contribution in [0.25, 0.3) is 0 Å². The lowest BCUT2D eigenvalue weighted by atomic mass is 10.2. The third-order valence-corrected chi connectivity index (χ3v) is 5.37. The molecule has 0 unspecified atom stereocenters. The molecule has 3 nitrogen and oxygen atoms in total. The average Bonchev–Trinajstić information content (AvgIpc) is 2.71. The van der Waals surface area contributed by atoms with Gasteiger partial charge < -0.3 is 10.2 Å². The summed E-state index contributed by atoms with van der Waals surface area (Å²) in [5.41, 5.74) is 1.31. The first-order valence-corrected chi connectivity index (χ1v) is 9.55. The molecule has 1 aliphatic rings. The van der Waals surface area contributed by atoms with Gasteiger partial charge in [-0.3, -0.25) is 0 Å². The molecule has 0 saturated carbocycles. The van der Waals surface area contributed by atoms with E-state index in [1.807, 2.05) is 11.3 Å². The number of hydrogen-bond acceptors (Lipinski definition) is 4. The topological polar surface area (TPSA) is 28.2 Å². The Hall–Kier alpha value is -0.450. The minimum Gasteiger partial charge on any atom is -0.312 e. The van der Waals surface area contributed by atoms with Crippen LogP contribution in [-0.4, -0.2) is 36.1 Å². The van der Waals surface area contributed by atoms with E-state index in [0.717, 1.165) is 25.9 Å². The number of aromatic nitrogens is 1. The second-order valence-electron chi connectivity index (χ2n) is 6.01. The SMILES string of the molecule is CCCNCc1sc(CCN2CCCCCC2)nc1CC. The first-order chi connectivity index (χ1) is 10.3. The van der Waals surface area contributed by atoms with Crippen molar-refractivity contribution >= 4 is 11.3 Å². The minimum absolute atomic E-state index is 0.998. The van der Waals surface area contributed by atoms with Crippen molar-refractivity contribution < 1.29 is 0 Å². The standard InChI is InChI=1S/C17H31N3S/c1-3-10-18-14-16-15(4-2)19-17(21-16)9-13-20-11-7-5-6-8-12-20/h18H,3-14H2,1-2H3. The first kappa shape index (κ1) is 16.9. The molecule has 2 heterocycles. The molecule has 0 atom stereocenters. The monoisotopic (exact) mass is 309 g/mol. The number of nitrogens with zero attached hydrogens (tertiary/aromatic N) is 2. The van der Waals surface area contributed by atoms with Crippen LogP contribution in [-0.2, 0) is 19.4 Å². The van der Waals surface area contributed by atoms with Crippen molar-refractivity contribution in [3.8, 4) is 0 Å². The maximum absolute atomic E-state index is 4.87. The van der Waals surface area contributed by atoms with Crippen LogP contribution < -0.4 is 5.32 Å². The van der Waals surface area contributed by atoms with E-state index in [9.17, 15) is 0 Å². The second kappa shape index (κ2) is 9.54. The lowest BCUT2D eigenvalue weighted by Crippen LogP contribution is -2.26. The Morgan fingerprint density at radius 3 is 2.57 bits per heavy atom. The van der Waals surface area contributed by atoms with Crippen LogP contribution in [0, 0.1) is 0 Å². The van der Waals surface area contributed by atoms with E-state index >= 15 is 0 Å². The van der Waals surface area contributed by atoms with Crippen LogP contribution in [0.4, 0.5) is 0 Å². The van der Waals surface area contributed by atoms with E-state index in [1.54, 1.807) is 0 Å². The number of thiazole rings is 1. The smallest absolute Gasteiger partial charge is 0.0944 e. The summed E-state index contributed by atoms with van der Waals surface area (Å²) in [7, 11) is 0. The van der Waals surface area contributed by atoms with Gasteiger partial charge in [-0.2, -0.15) is 0 Å². The third kappa shape index (κ3) is 5.68. The van der Waals surface area contributed by atoms with Crippen molar-refractivity contribution in [2.75, 3.05) is 26.2 Å². The molecule has 1 fully saturated rings. The fourth-order valence-electron chi connectivity index (χ4n) is 2.95. The lowest BCUT2D eigenvalue weighted by molar-refractivity contribution is 0.288. The lowest BCUT2D eigenvalue weighted by Gasteiger charge is -2.18. The van der Waals surface area contributed by atoms with Crippen LogP contribution in [0.1, 0.15) is 61.5 Å². The third-order valence-electron chi connectivity index (χ3n) is 4.21. The van der Waals surface area contributed by atoms with Crippen LogP contribution in [0.2, 0.25) is 0 Å². The Morgan fingerprint density at radius 2 is 1.90 bits per heavy atom. The van der Waals surface area contributed by atoms with Gasteiger partial charge in [0.1, 0.15) is 0 Å². The molecule has 120 valence electrons. The maximum atomic E-state index is 4.87. The molecular formula is C17H31N3S. The summed E-state index contributed by atoms with van der Waals surface area (Å²) in [6.07, 6.45) is 8.98. The highest BCUT2D eigenvalue weighted by Crippen LogP contribution is 2.20. The molecule has 2 rings (SSSR count). The number of likely N-dealkylation sites (tertiary alicyclic amines) is 1. The zero-order valence-corrected chi connectivity index (χ0v) is 14.6. The van der Waals surface area contributed by atoms with Gasteiger partial charge in [0, 0.05) is 24.4 Å². The van der Waals surface area contributed by atoms with Gasteiger partial charge in [0.05, 0.1) is 10.7 Å². The van der Waals surface area contributed by atoms with Crippen molar-refractivity contribution in [1.29, 1.82) is 0 Å². The predicted molar refractivity (Wildman–Crippen MR) is 92.1 cm³/mol. The van der Waals surface area contributed by atoms with E-state index in [-0.39, 0.29) is 0 Å². The van der Waals surface area contributed by atoms with Crippen molar-refractivity contribution in [2.24, 2.45) is 0 Å². The molecule has 4 heteroatoms. The Kier molecular flexibility index (Phi) is 7.69. The molecule has 21 heavy (non-hydrogen) atoms. The Labute approximate surface area is 134 Å². The molecule has 1 aliphatic heterocycles. The quantitative estimate of drug-likeness (QED) is 0.743. The number of rotatable bonds is 8. The molecule has 1 N–H and O–H groups in total. The van der Waals surface area contributed by atoms with Crippen LogP contribution in [0.3, 0.4) is 0 Å². The largest absolute Gasteiger partial charge is 0.312 e. The maximum Gasteiger partial charge on any atom is 0.0944 e. The van der Waals surface area contributed by atoms with Gasteiger partial charge in [-0.1, -0.05) is 26.7 Å². The molecule has 1 aromatic rings. The van der Waals surface area contributed by atoms with Crippen LogP contribution in [0.5, 0.6) is 0 Å². The average molecular weight is 310 g/mol. The van der Waals surface area contributed by atoms with E-state index < -0.39 is 0 Å². The molecule has 0 aliphatic carbocycles. The highest BCUT2D eigenvalue weighted by molar-refractivity contribution is 7.11. The van der Waals surface area contributed by atoms with Crippen LogP contribution in [0.15, 0.2) is 0 Å². The molecule has 1 aromatic heterocycles. The van der Waals surface area contributed by atoms with Crippen molar-refractivity contribution in [3.05, 3.63) is 15.6 Å². The molecule has 0 amide bonds. The summed E-state index contributed by atoms with van der Waals surface area (Å²) in [5, 5.41) is 4.85. The minimum atomic E-state index is 0.998. The first-order valence-electron chi connectivity index (χ1n) is 8.74. The van der Waals surface area contributed by atoms with Gasteiger partial charge in [-0.05, 0) is 45.3 Å². The van der Waals surface area contributed by atoms with E-state index in [2.05, 4.69) is 24.1 Å². The molecule has 0 aromatic carbocycles. The Morgan fingerprint density at radius 1 is 1.14 bits per heavy atom. The zero-order valence-electron chi connectivity index (χ0n) is 13.8. The Bertz CT molecular complexity index is 395. The normalized spacial score (nSPS) is 17.0. The number of aryl methyl sites for hydroxylation is 1. The summed E-state index contributed by atoms with van der Waals surface area (Å²) in [6.45, 7) is 10.3. The molecule has 1 saturated heterocycles. The van der Waals surface area contributed by atoms with Crippen molar-refractivity contribution in [3.63, 3.8) is 0 Å². The van der Waals surface area contributed by atoms with Gasteiger partial charge in [-0.25, -0.2) is 4.98 Å². The molecule has 0 spiro atoms. The van der Waals surface area contributed by atoms with E-state index in [1.165, 1.54) is 67.3 Å². The summed E-state index contributed by atoms with van der Waals surface area (Å²) >= 11 is 1.93. The van der Waals surface area contributed by atoms with Crippen molar-refractivity contribution in [1.82, 2.24) is 15.2 Å². The summed E-state index contributed by atoms with van der Waals surface area (Å²) < 4.78 is 0. The molecule has 0 radical (unpaired) electrons. The van der Waals surface area contributed by atoms with Gasteiger partial charge in [0.15, 0.2) is 0 Å². The van der Waals surface area contributed by atoms with Gasteiger partial charge in [0.25, 0.3) is 0 Å².